The fourth-order valence-electron chi connectivity index (χ4n) is 5.19. The summed E-state index contributed by atoms with van der Waals surface area (Å²) in [5, 5.41) is 30.0. The molecule has 0 unspecified atom stereocenters. The third-order valence-corrected chi connectivity index (χ3v) is 8.72. The molecule has 0 saturated heterocycles. The van der Waals surface area contributed by atoms with Crippen LogP contribution in [-0.4, -0.2) is 96.2 Å². The van der Waals surface area contributed by atoms with Gasteiger partial charge in [-0.1, -0.05) is 0 Å². The maximum Gasteiger partial charge on any atom is 0.326 e. The van der Waals surface area contributed by atoms with Crippen LogP contribution in [0.2, 0.25) is 0 Å². The summed E-state index contributed by atoms with van der Waals surface area (Å²) in [5.41, 5.74) is 5.27. The number of hydrogen-bond donors (Lipinski definition) is 9. The Kier molecular flexibility index (Phi) is 16.6. The van der Waals surface area contributed by atoms with Crippen LogP contribution in [0.25, 0.3) is 11.2 Å². The average Bonchev–Trinajstić information content (AvgIpc) is 3.14. The summed E-state index contributed by atoms with van der Waals surface area (Å²) in [6.07, 6.45) is 3.06. The van der Waals surface area contributed by atoms with Gasteiger partial charge in [0.2, 0.25) is 17.8 Å². The van der Waals surface area contributed by atoms with Crippen LogP contribution in [0.1, 0.15) is 95.1 Å². The lowest BCUT2D eigenvalue weighted by Gasteiger charge is -2.28. The maximum atomic E-state index is 12.8. The Morgan fingerprint density at radius 3 is 2.21 bits per heavy atom. The van der Waals surface area contributed by atoms with Crippen LogP contribution < -0.4 is 38.5 Å². The number of rotatable bonds is 24. The van der Waals surface area contributed by atoms with E-state index in [1.54, 1.807) is 12.1 Å². The number of carbonyl (C=O) groups excluding carboxylic acids is 3. The van der Waals surface area contributed by atoms with Gasteiger partial charge in [-0.25, -0.2) is 25.5 Å². The number of carboxylic acid groups (broad SMARTS) is 2. The number of nitrogens with one attached hydrogen (secondary N) is 5. The molecule has 3 aromatic rings. The van der Waals surface area contributed by atoms with Crippen molar-refractivity contribution in [1.29, 1.82) is 0 Å². The number of aliphatic carboxylic acids is 2. The number of nitrogens with zero attached hydrogens (tertiary/aromatic N) is 3. The van der Waals surface area contributed by atoms with Gasteiger partial charge >= 0.3 is 11.9 Å². The van der Waals surface area contributed by atoms with Crippen LogP contribution in [0.5, 0.6) is 0 Å². The molecular formula is C36H52N10O10. The summed E-state index contributed by atoms with van der Waals surface area (Å²) in [6, 6.07) is 3.47. The molecule has 1 aromatic carbocycles. The van der Waals surface area contributed by atoms with Crippen molar-refractivity contribution in [1.82, 2.24) is 35.9 Å². The molecule has 0 aliphatic carbocycles. The fourth-order valence-corrected chi connectivity index (χ4v) is 5.19. The molecule has 3 rings (SSSR count). The molecule has 2 aromatic heterocycles. The Bertz CT molecular complexity index is 1880. The quantitative estimate of drug-likeness (QED) is 0.0457. The summed E-state index contributed by atoms with van der Waals surface area (Å²) in [6.45, 7) is 8.41. The van der Waals surface area contributed by atoms with Crippen molar-refractivity contribution >= 4 is 52.5 Å². The summed E-state index contributed by atoms with van der Waals surface area (Å²) in [7, 11) is 0. The number of hydrogen-bond acceptors (Lipinski definition) is 14. The molecule has 0 radical (unpaired) electrons. The number of carbonyl (C=O) groups is 5. The standard InChI is InChI=1S/C36H52N10O10/c1-35(2,55-18-16-36(3,4)56-38)15-14-26(47)39-17-6-5-7-24(32(51)52)43-27(48)13-12-25(33(53)54)44-30(49)21-8-10-22(11-9-21)40-19-23-20-41-29-28(42-23)31(50)46-34(37)45-29/h8-11,20,24-25,40H,5-7,12-19,38H2,1-4H3,(H,39,47)(H,43,48)(H,44,49)(H,51,52)(H,53,54)(H3,37,41,45,46,50)/t24-,25-/m0/s1. The number of benzene rings is 1. The van der Waals surface area contributed by atoms with E-state index in [4.69, 9.17) is 21.2 Å². The smallest absolute Gasteiger partial charge is 0.326 e. The molecule has 0 fully saturated rings. The molecule has 3 amide bonds. The van der Waals surface area contributed by atoms with Crippen molar-refractivity contribution in [3.8, 4) is 0 Å². The minimum atomic E-state index is -1.42. The number of carboxylic acids is 2. The molecule has 0 saturated carbocycles. The number of fused-ring (bicyclic) bond motifs is 1. The first-order chi connectivity index (χ1) is 26.4. The van der Waals surface area contributed by atoms with E-state index in [-0.39, 0.29) is 60.8 Å². The summed E-state index contributed by atoms with van der Waals surface area (Å²) in [4.78, 5) is 93.1. The van der Waals surface area contributed by atoms with E-state index in [9.17, 15) is 39.0 Å². The molecule has 0 bridgehead atoms. The van der Waals surface area contributed by atoms with Crippen molar-refractivity contribution in [2.45, 2.75) is 109 Å². The topological polar surface area (TPSA) is 316 Å². The zero-order chi connectivity index (χ0) is 41.5. The fraction of sp³-hybridized carbons (Fsp3) is 0.528. The predicted octanol–water partition coefficient (Wildman–Crippen LogP) is 1.36. The van der Waals surface area contributed by atoms with Gasteiger partial charge < -0.3 is 42.0 Å². The van der Waals surface area contributed by atoms with Crippen LogP contribution in [0.15, 0.2) is 35.3 Å². The number of ether oxygens (including phenoxy) is 1. The molecule has 306 valence electrons. The van der Waals surface area contributed by atoms with Gasteiger partial charge in [-0.2, -0.15) is 4.98 Å². The van der Waals surface area contributed by atoms with E-state index in [2.05, 4.69) is 41.2 Å². The van der Waals surface area contributed by atoms with E-state index in [0.29, 0.717) is 50.2 Å². The lowest BCUT2D eigenvalue weighted by Crippen LogP contribution is -2.44. The van der Waals surface area contributed by atoms with Gasteiger partial charge in [0.1, 0.15) is 12.1 Å². The number of nitrogens with two attached hydrogens (primary N) is 2. The molecule has 56 heavy (non-hydrogen) atoms. The highest BCUT2D eigenvalue weighted by atomic mass is 16.6. The predicted molar refractivity (Wildman–Crippen MR) is 204 cm³/mol. The first-order valence-electron chi connectivity index (χ1n) is 18.1. The van der Waals surface area contributed by atoms with E-state index in [1.165, 1.54) is 18.3 Å². The number of anilines is 2. The van der Waals surface area contributed by atoms with Gasteiger partial charge in [0, 0.05) is 37.1 Å². The first-order valence-corrected chi connectivity index (χ1v) is 18.1. The van der Waals surface area contributed by atoms with Gasteiger partial charge in [-0.05, 0) is 84.1 Å². The highest BCUT2D eigenvalue weighted by molar-refractivity contribution is 5.97. The van der Waals surface area contributed by atoms with Crippen LogP contribution in [-0.2, 0) is 35.3 Å². The number of aromatic amines is 1. The first kappa shape index (κ1) is 44.7. The molecule has 20 heteroatoms. The third kappa shape index (κ3) is 15.2. The second kappa shape index (κ2) is 20.8. The van der Waals surface area contributed by atoms with Gasteiger partial charge in [-0.15, -0.1) is 0 Å². The largest absolute Gasteiger partial charge is 0.480 e. The number of nitrogen functional groups attached to an aromatic ring is 1. The number of unbranched alkanes of at least 4 members (excludes halogenated alkanes) is 1. The van der Waals surface area contributed by atoms with Crippen molar-refractivity contribution < 1.29 is 43.8 Å². The molecule has 0 aliphatic heterocycles. The highest BCUT2D eigenvalue weighted by Crippen LogP contribution is 2.20. The van der Waals surface area contributed by atoms with Crippen molar-refractivity contribution in [3.05, 3.63) is 52.1 Å². The van der Waals surface area contributed by atoms with E-state index < -0.39 is 52.6 Å². The van der Waals surface area contributed by atoms with E-state index in [1.807, 2.05) is 27.7 Å². The van der Waals surface area contributed by atoms with E-state index in [0.717, 1.165) is 0 Å². The van der Waals surface area contributed by atoms with Gasteiger partial charge in [0.15, 0.2) is 11.2 Å². The Labute approximate surface area is 322 Å². The van der Waals surface area contributed by atoms with Crippen molar-refractivity contribution in [2.75, 3.05) is 24.2 Å². The number of H-pyrrole nitrogens is 1. The monoisotopic (exact) mass is 784 g/mol. The third-order valence-electron chi connectivity index (χ3n) is 8.72. The second-order valence-electron chi connectivity index (χ2n) is 14.4. The Morgan fingerprint density at radius 1 is 0.875 bits per heavy atom. The molecule has 20 nitrogen and oxygen atoms in total. The van der Waals surface area contributed by atoms with Crippen LogP contribution in [0.3, 0.4) is 0 Å². The van der Waals surface area contributed by atoms with E-state index >= 15 is 0 Å². The van der Waals surface area contributed by atoms with Gasteiger partial charge in [-0.3, -0.25) is 29.0 Å². The van der Waals surface area contributed by atoms with Crippen molar-refractivity contribution in [3.63, 3.8) is 0 Å². The Hall–Kier alpha value is -5.73. The number of amides is 3. The molecule has 2 heterocycles. The molecule has 0 aliphatic rings. The van der Waals surface area contributed by atoms with Crippen LogP contribution >= 0.6 is 0 Å². The lowest BCUT2D eigenvalue weighted by atomic mass is 10.0. The lowest BCUT2D eigenvalue weighted by molar-refractivity contribution is -0.142. The van der Waals surface area contributed by atoms with Crippen LogP contribution in [0, 0.1) is 0 Å². The molecule has 2 atom stereocenters. The van der Waals surface area contributed by atoms with Gasteiger partial charge in [0.05, 0.1) is 36.2 Å². The molecular weight excluding hydrogens is 732 g/mol. The highest BCUT2D eigenvalue weighted by Gasteiger charge is 2.25. The molecule has 0 spiro atoms. The zero-order valence-corrected chi connectivity index (χ0v) is 32.0. The normalized spacial score (nSPS) is 12.7. The minimum Gasteiger partial charge on any atom is -0.480 e. The van der Waals surface area contributed by atoms with Crippen molar-refractivity contribution in [2.24, 2.45) is 5.90 Å². The van der Waals surface area contributed by atoms with Crippen LogP contribution in [0.4, 0.5) is 11.6 Å². The zero-order valence-electron chi connectivity index (χ0n) is 32.0. The summed E-state index contributed by atoms with van der Waals surface area (Å²) < 4.78 is 5.88. The Morgan fingerprint density at radius 2 is 1.55 bits per heavy atom. The SMILES string of the molecule is CC(C)(CCOC(C)(C)CCC(=O)NCCCC[C@H](NC(=O)CC[C@H](NC(=O)c1ccc(NCc2cnc3nc(N)[nH]c(=O)c3n2)cc1)C(=O)O)C(=O)O)ON. The second-order valence-corrected chi connectivity index (χ2v) is 14.4. The number of aromatic nitrogens is 4. The van der Waals surface area contributed by atoms with Gasteiger partial charge in [0.25, 0.3) is 11.5 Å². The molecule has 11 N–H and O–H groups in total. The Balaban J connectivity index is 1.37. The minimum absolute atomic E-state index is 0.0294. The average molecular weight is 785 g/mol. The maximum absolute atomic E-state index is 12.8. The summed E-state index contributed by atoms with van der Waals surface area (Å²) >= 11 is 0. The summed E-state index contributed by atoms with van der Waals surface area (Å²) in [5.74, 6) is 1.02.